The summed E-state index contributed by atoms with van der Waals surface area (Å²) in [7, 11) is 1.72. The fourth-order valence-corrected chi connectivity index (χ4v) is 3.49. The molecule has 3 rings (SSSR count). The predicted molar refractivity (Wildman–Crippen MR) is 96.2 cm³/mol. The van der Waals surface area contributed by atoms with Crippen molar-refractivity contribution in [3.05, 3.63) is 65.7 Å². The molecule has 0 aliphatic carbocycles. The van der Waals surface area contributed by atoms with E-state index in [2.05, 4.69) is 59.5 Å². The van der Waals surface area contributed by atoms with Crippen molar-refractivity contribution in [3.63, 3.8) is 0 Å². The van der Waals surface area contributed by atoms with E-state index in [1.807, 2.05) is 0 Å². The van der Waals surface area contributed by atoms with Gasteiger partial charge in [-0.2, -0.15) is 0 Å². The minimum absolute atomic E-state index is 0.690. The lowest BCUT2D eigenvalue weighted by Gasteiger charge is -2.16. The maximum atomic E-state index is 5.24. The molecule has 1 aliphatic heterocycles. The number of ether oxygens (including phenoxy) is 1. The van der Waals surface area contributed by atoms with Gasteiger partial charge in [-0.15, -0.1) is 0 Å². The molecular weight excluding hydrogens is 282 g/mol. The SMILES string of the molecule is COc1ccc(C2CCN(CCCCc3ccccc3)C2)cc1. The molecule has 0 amide bonds. The second-order valence-electron chi connectivity index (χ2n) is 6.50. The van der Waals surface area contributed by atoms with Crippen molar-refractivity contribution in [2.24, 2.45) is 0 Å². The van der Waals surface area contributed by atoms with Crippen LogP contribution in [0.2, 0.25) is 0 Å². The zero-order valence-corrected chi connectivity index (χ0v) is 14.1. The molecule has 2 aromatic carbocycles. The van der Waals surface area contributed by atoms with Crippen LogP contribution in [-0.2, 0) is 6.42 Å². The lowest BCUT2D eigenvalue weighted by atomic mass is 9.98. The van der Waals surface area contributed by atoms with Crippen molar-refractivity contribution < 1.29 is 4.74 Å². The van der Waals surface area contributed by atoms with Crippen molar-refractivity contribution in [3.8, 4) is 5.75 Å². The topological polar surface area (TPSA) is 12.5 Å². The van der Waals surface area contributed by atoms with Crippen LogP contribution in [0.15, 0.2) is 54.6 Å². The molecule has 2 aromatic rings. The van der Waals surface area contributed by atoms with Gasteiger partial charge in [-0.25, -0.2) is 0 Å². The summed E-state index contributed by atoms with van der Waals surface area (Å²) in [6.45, 7) is 3.68. The van der Waals surface area contributed by atoms with Gasteiger partial charge in [-0.05, 0) is 68.0 Å². The second-order valence-corrected chi connectivity index (χ2v) is 6.50. The molecule has 1 heterocycles. The highest BCUT2D eigenvalue weighted by Gasteiger charge is 2.23. The summed E-state index contributed by atoms with van der Waals surface area (Å²) in [6.07, 6.45) is 5.07. The average Bonchev–Trinajstić information content (AvgIpc) is 3.09. The third-order valence-electron chi connectivity index (χ3n) is 4.89. The molecule has 0 aromatic heterocycles. The first-order valence-electron chi connectivity index (χ1n) is 8.75. The zero-order valence-electron chi connectivity index (χ0n) is 14.1. The summed E-state index contributed by atoms with van der Waals surface area (Å²) in [5.74, 6) is 1.64. The van der Waals surface area contributed by atoms with Crippen LogP contribution in [-0.4, -0.2) is 31.6 Å². The Bertz CT molecular complexity index is 579. The van der Waals surface area contributed by atoms with Crippen LogP contribution in [0.4, 0.5) is 0 Å². The van der Waals surface area contributed by atoms with Crippen LogP contribution < -0.4 is 4.74 Å². The number of likely N-dealkylation sites (tertiary alicyclic amines) is 1. The van der Waals surface area contributed by atoms with Gasteiger partial charge in [-0.1, -0.05) is 42.5 Å². The molecule has 122 valence electrons. The summed E-state index contributed by atoms with van der Waals surface area (Å²) in [4.78, 5) is 2.62. The molecule has 23 heavy (non-hydrogen) atoms. The second kappa shape index (κ2) is 8.16. The van der Waals surface area contributed by atoms with Crippen molar-refractivity contribution in [1.82, 2.24) is 4.90 Å². The van der Waals surface area contributed by atoms with E-state index in [0.717, 1.165) is 5.75 Å². The molecule has 1 fully saturated rings. The van der Waals surface area contributed by atoms with Crippen molar-refractivity contribution in [2.45, 2.75) is 31.6 Å². The maximum absolute atomic E-state index is 5.24. The normalized spacial score (nSPS) is 18.2. The quantitative estimate of drug-likeness (QED) is 0.698. The molecule has 0 saturated carbocycles. The van der Waals surface area contributed by atoms with E-state index < -0.39 is 0 Å². The Labute approximate surface area is 140 Å². The third-order valence-corrected chi connectivity index (χ3v) is 4.89. The van der Waals surface area contributed by atoms with Crippen molar-refractivity contribution in [1.29, 1.82) is 0 Å². The molecular formula is C21H27NO. The van der Waals surface area contributed by atoms with Gasteiger partial charge in [0.05, 0.1) is 7.11 Å². The van der Waals surface area contributed by atoms with Gasteiger partial charge in [0, 0.05) is 6.54 Å². The highest BCUT2D eigenvalue weighted by Crippen LogP contribution is 2.28. The number of benzene rings is 2. The van der Waals surface area contributed by atoms with Crippen LogP contribution in [0, 0.1) is 0 Å². The van der Waals surface area contributed by atoms with Crippen molar-refractivity contribution >= 4 is 0 Å². The number of methoxy groups -OCH3 is 1. The van der Waals surface area contributed by atoms with Gasteiger partial charge >= 0.3 is 0 Å². The largest absolute Gasteiger partial charge is 0.497 e. The number of unbranched alkanes of at least 4 members (excludes halogenated alkanes) is 1. The van der Waals surface area contributed by atoms with E-state index in [1.165, 1.54) is 56.4 Å². The number of hydrogen-bond donors (Lipinski definition) is 0. The number of nitrogens with zero attached hydrogens (tertiary/aromatic N) is 1. The van der Waals surface area contributed by atoms with E-state index in [-0.39, 0.29) is 0 Å². The van der Waals surface area contributed by atoms with Gasteiger partial charge in [-0.3, -0.25) is 0 Å². The van der Waals surface area contributed by atoms with E-state index in [0.29, 0.717) is 5.92 Å². The van der Waals surface area contributed by atoms with E-state index in [4.69, 9.17) is 4.74 Å². The number of aryl methyl sites for hydroxylation is 1. The van der Waals surface area contributed by atoms with Crippen LogP contribution >= 0.6 is 0 Å². The molecule has 0 N–H and O–H groups in total. The summed E-state index contributed by atoms with van der Waals surface area (Å²) in [5.41, 5.74) is 2.92. The standard InChI is InChI=1S/C21H27NO/c1-23-21-12-10-19(11-13-21)20-14-16-22(17-20)15-6-5-9-18-7-3-2-4-8-18/h2-4,7-8,10-13,20H,5-6,9,14-17H2,1H3. The Balaban J connectivity index is 1.39. The van der Waals surface area contributed by atoms with E-state index in [9.17, 15) is 0 Å². The van der Waals surface area contributed by atoms with Gasteiger partial charge in [0.2, 0.25) is 0 Å². The lowest BCUT2D eigenvalue weighted by Crippen LogP contribution is -2.21. The van der Waals surface area contributed by atoms with Gasteiger partial charge in [0.15, 0.2) is 0 Å². The first-order chi connectivity index (χ1) is 11.3. The van der Waals surface area contributed by atoms with Gasteiger partial charge < -0.3 is 9.64 Å². The molecule has 2 nitrogen and oxygen atoms in total. The van der Waals surface area contributed by atoms with Crippen molar-refractivity contribution in [2.75, 3.05) is 26.7 Å². The summed E-state index contributed by atoms with van der Waals surface area (Å²) in [6, 6.07) is 19.4. The Morgan fingerprint density at radius 3 is 2.52 bits per heavy atom. The monoisotopic (exact) mass is 309 g/mol. The van der Waals surface area contributed by atoms with Crippen LogP contribution in [0.1, 0.15) is 36.3 Å². The fraction of sp³-hybridized carbons (Fsp3) is 0.429. The fourth-order valence-electron chi connectivity index (χ4n) is 3.49. The molecule has 1 unspecified atom stereocenters. The van der Waals surface area contributed by atoms with Crippen LogP contribution in [0.3, 0.4) is 0 Å². The maximum Gasteiger partial charge on any atom is 0.118 e. The van der Waals surface area contributed by atoms with Gasteiger partial charge in [0.1, 0.15) is 5.75 Å². The molecule has 1 saturated heterocycles. The molecule has 0 bridgehead atoms. The minimum Gasteiger partial charge on any atom is -0.497 e. The van der Waals surface area contributed by atoms with E-state index >= 15 is 0 Å². The summed E-state index contributed by atoms with van der Waals surface area (Å²) in [5, 5.41) is 0. The summed E-state index contributed by atoms with van der Waals surface area (Å²) < 4.78 is 5.24. The van der Waals surface area contributed by atoms with Gasteiger partial charge in [0.25, 0.3) is 0 Å². The lowest BCUT2D eigenvalue weighted by molar-refractivity contribution is 0.326. The summed E-state index contributed by atoms with van der Waals surface area (Å²) >= 11 is 0. The van der Waals surface area contributed by atoms with E-state index in [1.54, 1.807) is 7.11 Å². The number of rotatable bonds is 7. The molecule has 1 aliphatic rings. The Morgan fingerprint density at radius 2 is 1.78 bits per heavy atom. The average molecular weight is 309 g/mol. The molecule has 1 atom stereocenters. The predicted octanol–water partition coefficient (Wildman–Crippen LogP) is 4.51. The Kier molecular flexibility index (Phi) is 5.71. The number of hydrogen-bond acceptors (Lipinski definition) is 2. The zero-order chi connectivity index (χ0) is 15.9. The Hall–Kier alpha value is -1.80. The highest BCUT2D eigenvalue weighted by molar-refractivity contribution is 5.30. The van der Waals surface area contributed by atoms with Crippen LogP contribution in [0.5, 0.6) is 5.75 Å². The first kappa shape index (κ1) is 16.1. The minimum atomic E-state index is 0.690. The first-order valence-corrected chi connectivity index (χ1v) is 8.75. The molecule has 2 heteroatoms. The molecule has 0 spiro atoms. The highest BCUT2D eigenvalue weighted by atomic mass is 16.5. The molecule has 0 radical (unpaired) electrons. The van der Waals surface area contributed by atoms with Crippen LogP contribution in [0.25, 0.3) is 0 Å². The Morgan fingerprint density at radius 1 is 1.00 bits per heavy atom. The smallest absolute Gasteiger partial charge is 0.118 e. The third kappa shape index (κ3) is 4.59.